The molecule has 3 aliphatic rings. The number of phenolic OH excluding ortho intramolecular Hbond substituents is 1. The summed E-state index contributed by atoms with van der Waals surface area (Å²) in [5, 5.41) is 10.3. The van der Waals surface area contributed by atoms with Gasteiger partial charge in [0.1, 0.15) is 5.75 Å². The van der Waals surface area contributed by atoms with Crippen LogP contribution in [0.3, 0.4) is 0 Å². The highest BCUT2D eigenvalue weighted by Gasteiger charge is 2.60. The second kappa shape index (κ2) is 6.01. The van der Waals surface area contributed by atoms with Crippen LogP contribution in [0.5, 0.6) is 5.75 Å². The van der Waals surface area contributed by atoms with Crippen LogP contribution in [0.2, 0.25) is 0 Å². The van der Waals surface area contributed by atoms with Gasteiger partial charge in [-0.1, -0.05) is 6.07 Å². The van der Waals surface area contributed by atoms with E-state index in [1.54, 1.807) is 18.6 Å². The number of pyridine rings is 1. The molecule has 0 amide bonds. The van der Waals surface area contributed by atoms with Crippen LogP contribution in [0, 0.1) is 0 Å². The number of nitrogens with zero attached hydrogens (tertiary/aromatic N) is 1. The molecule has 1 aromatic carbocycles. The zero-order valence-electron chi connectivity index (χ0n) is 15.0. The Morgan fingerprint density at radius 2 is 1.68 bits per heavy atom. The van der Waals surface area contributed by atoms with Gasteiger partial charge in [-0.05, 0) is 35.9 Å². The maximum atomic E-state index is 10.3. The van der Waals surface area contributed by atoms with Gasteiger partial charge in [0.15, 0.2) is 17.9 Å². The van der Waals surface area contributed by atoms with Crippen LogP contribution in [0.25, 0.3) is 0 Å². The molecule has 3 aromatic heterocycles. The molecule has 5 heterocycles. The molecule has 0 radical (unpaired) electrons. The summed E-state index contributed by atoms with van der Waals surface area (Å²) in [6, 6.07) is 16.5. The summed E-state index contributed by atoms with van der Waals surface area (Å²) >= 11 is 0. The second-order valence-corrected chi connectivity index (χ2v) is 7.49. The number of halogens is 1. The predicted octanol–water partition coefficient (Wildman–Crippen LogP) is 1.29. The van der Waals surface area contributed by atoms with Crippen molar-refractivity contribution in [2.24, 2.45) is 0 Å². The fourth-order valence-corrected chi connectivity index (χ4v) is 5.34. The molecule has 2 atom stereocenters. The average Bonchev–Trinajstić information content (AvgIpc) is 3.42. The normalized spacial score (nSPS) is 20.9. The Morgan fingerprint density at radius 1 is 0.929 bits per heavy atom. The van der Waals surface area contributed by atoms with E-state index in [0.717, 1.165) is 17.5 Å². The number of rotatable bonds is 2. The van der Waals surface area contributed by atoms with Crippen molar-refractivity contribution in [1.29, 1.82) is 0 Å². The lowest BCUT2D eigenvalue weighted by atomic mass is 9.54. The molecule has 4 aromatic rings. The van der Waals surface area contributed by atoms with Gasteiger partial charge in [0.2, 0.25) is 0 Å². The van der Waals surface area contributed by atoms with Crippen molar-refractivity contribution in [1.82, 2.24) is 0 Å². The highest BCUT2D eigenvalue weighted by molar-refractivity contribution is 5.55. The number of benzene rings is 1. The van der Waals surface area contributed by atoms with Crippen molar-refractivity contribution in [3.05, 3.63) is 108 Å². The van der Waals surface area contributed by atoms with Crippen molar-refractivity contribution in [3.63, 3.8) is 0 Å². The largest absolute Gasteiger partial charge is 1.00 e. The van der Waals surface area contributed by atoms with Gasteiger partial charge in [0.05, 0.1) is 36.4 Å². The Kier molecular flexibility index (Phi) is 3.68. The van der Waals surface area contributed by atoms with E-state index >= 15 is 0 Å². The number of fused-ring (bicyclic) bond motifs is 1. The lowest BCUT2D eigenvalue weighted by molar-refractivity contribution is -0.732. The van der Waals surface area contributed by atoms with Gasteiger partial charge in [-0.15, -0.1) is 0 Å². The summed E-state index contributed by atoms with van der Waals surface area (Å²) in [6.45, 7) is 0. The number of aromatic nitrogens is 1. The molecule has 4 nitrogen and oxygen atoms in total. The van der Waals surface area contributed by atoms with Crippen LogP contribution in [-0.4, -0.2) is 5.11 Å². The van der Waals surface area contributed by atoms with Crippen LogP contribution in [0.15, 0.2) is 88.6 Å². The number of furan rings is 2. The van der Waals surface area contributed by atoms with Gasteiger partial charge >= 0.3 is 0 Å². The van der Waals surface area contributed by atoms with Crippen LogP contribution in [0.1, 0.15) is 46.3 Å². The SMILES string of the molecule is Oc1ccc2c(c1)[C@H]1c3cccc[n+]3[C@@H]2CC1(c1ccoc1)c1ccoc1.[Cl-]. The molecular formula is C23H18ClNO3. The molecule has 0 saturated heterocycles. The molecule has 5 heteroatoms. The van der Waals surface area contributed by atoms with Crippen LogP contribution in [-0.2, 0) is 5.41 Å². The Bertz CT molecular complexity index is 1100. The average molecular weight is 392 g/mol. The maximum Gasteiger partial charge on any atom is 0.190 e. The zero-order chi connectivity index (χ0) is 18.0. The summed E-state index contributed by atoms with van der Waals surface area (Å²) in [5.74, 6) is 0.359. The van der Waals surface area contributed by atoms with E-state index < -0.39 is 0 Å². The van der Waals surface area contributed by atoms with Crippen molar-refractivity contribution in [2.45, 2.75) is 23.8 Å². The molecule has 2 bridgehead atoms. The molecule has 0 unspecified atom stereocenters. The number of phenols is 1. The molecule has 0 saturated carbocycles. The minimum absolute atomic E-state index is 0. The van der Waals surface area contributed by atoms with E-state index in [1.165, 1.54) is 16.8 Å². The van der Waals surface area contributed by atoms with Gasteiger partial charge < -0.3 is 26.3 Å². The monoisotopic (exact) mass is 391 g/mol. The first-order valence-electron chi connectivity index (χ1n) is 9.17. The first-order chi connectivity index (χ1) is 13.3. The molecule has 140 valence electrons. The third-order valence-electron chi connectivity index (χ3n) is 6.38. The van der Waals surface area contributed by atoms with Gasteiger partial charge in [-0.2, -0.15) is 4.57 Å². The number of hydrogen-bond donors (Lipinski definition) is 1. The summed E-state index contributed by atoms with van der Waals surface area (Å²) in [5.41, 5.74) is 5.69. The van der Waals surface area contributed by atoms with Gasteiger partial charge in [0.25, 0.3) is 0 Å². The smallest absolute Gasteiger partial charge is 0.190 e. The molecule has 2 aliphatic heterocycles. The van der Waals surface area contributed by atoms with E-state index in [0.29, 0.717) is 5.75 Å². The molecule has 1 aliphatic carbocycles. The van der Waals surface area contributed by atoms with E-state index in [1.807, 2.05) is 18.6 Å². The molecule has 28 heavy (non-hydrogen) atoms. The topological polar surface area (TPSA) is 50.4 Å². The predicted molar refractivity (Wildman–Crippen MR) is 97.5 cm³/mol. The molecule has 7 rings (SSSR count). The number of hydrogen-bond acceptors (Lipinski definition) is 3. The molecular weight excluding hydrogens is 374 g/mol. The fraction of sp³-hybridized carbons (Fsp3) is 0.174. The Balaban J connectivity index is 0.00000171. The minimum atomic E-state index is -0.299. The molecule has 1 N–H and O–H groups in total. The first kappa shape index (κ1) is 17.1. The van der Waals surface area contributed by atoms with Crippen molar-refractivity contribution in [2.75, 3.05) is 0 Å². The maximum absolute atomic E-state index is 10.3. The van der Waals surface area contributed by atoms with E-state index in [9.17, 15) is 5.11 Å². The highest BCUT2D eigenvalue weighted by Crippen LogP contribution is 2.59. The second-order valence-electron chi connectivity index (χ2n) is 7.49. The van der Waals surface area contributed by atoms with E-state index in [2.05, 4.69) is 47.2 Å². The zero-order valence-corrected chi connectivity index (χ0v) is 15.7. The standard InChI is InChI=1S/C23H17NO3.ClH/c25-17-4-5-18-19(11-17)22-20-3-1-2-8-24(20)21(18)12-23(22,15-6-9-26-13-15)16-7-10-27-14-16;/h1-11,13-14,21-22H,12H2;1H/t21-,22+;/m1./s1. The van der Waals surface area contributed by atoms with Crippen LogP contribution in [0.4, 0.5) is 0 Å². The van der Waals surface area contributed by atoms with Crippen molar-refractivity contribution >= 4 is 0 Å². The van der Waals surface area contributed by atoms with E-state index in [-0.39, 0.29) is 29.8 Å². The lowest BCUT2D eigenvalue weighted by Gasteiger charge is -2.48. The fourth-order valence-electron chi connectivity index (χ4n) is 5.34. The summed E-state index contributed by atoms with van der Waals surface area (Å²) in [7, 11) is 0. The van der Waals surface area contributed by atoms with E-state index in [4.69, 9.17) is 8.83 Å². The quantitative estimate of drug-likeness (QED) is 0.524. The highest BCUT2D eigenvalue weighted by atomic mass is 35.5. The van der Waals surface area contributed by atoms with Crippen LogP contribution >= 0.6 is 0 Å². The Morgan fingerprint density at radius 3 is 2.36 bits per heavy atom. The minimum Gasteiger partial charge on any atom is -1.00 e. The summed E-state index contributed by atoms with van der Waals surface area (Å²) in [4.78, 5) is 0. The van der Waals surface area contributed by atoms with Gasteiger partial charge in [-0.3, -0.25) is 0 Å². The van der Waals surface area contributed by atoms with Gasteiger partial charge in [-0.25, -0.2) is 0 Å². The third kappa shape index (κ3) is 2.04. The number of aromatic hydroxyl groups is 1. The first-order valence-corrected chi connectivity index (χ1v) is 9.17. The summed E-state index contributed by atoms with van der Waals surface area (Å²) < 4.78 is 13.4. The lowest BCUT2D eigenvalue weighted by Crippen LogP contribution is -3.00. The molecule has 0 spiro atoms. The summed E-state index contributed by atoms with van der Waals surface area (Å²) in [6.07, 6.45) is 10.3. The Labute approximate surface area is 168 Å². The van der Waals surface area contributed by atoms with Crippen molar-refractivity contribution in [3.8, 4) is 5.75 Å². The van der Waals surface area contributed by atoms with Crippen LogP contribution < -0.4 is 17.0 Å². The Hall–Kier alpha value is -2.98. The third-order valence-corrected chi connectivity index (χ3v) is 6.38. The van der Waals surface area contributed by atoms with Crippen molar-refractivity contribution < 1.29 is 30.9 Å². The molecule has 0 fully saturated rings. The van der Waals surface area contributed by atoms with Gasteiger partial charge in [0, 0.05) is 35.2 Å².